The quantitative estimate of drug-likeness (QED) is 0.680. The van der Waals surface area contributed by atoms with E-state index >= 15 is 0 Å². The van der Waals surface area contributed by atoms with Crippen molar-refractivity contribution in [3.05, 3.63) is 82.1 Å². The van der Waals surface area contributed by atoms with Crippen molar-refractivity contribution in [2.75, 3.05) is 34.4 Å². The number of likely N-dealkylation sites (tertiary alicyclic amines) is 1. The van der Waals surface area contributed by atoms with Crippen molar-refractivity contribution in [1.29, 1.82) is 0 Å². The van der Waals surface area contributed by atoms with Gasteiger partial charge in [0.1, 0.15) is 5.75 Å². The number of carbonyl (C=O) groups is 2. The van der Waals surface area contributed by atoms with Gasteiger partial charge in [-0.1, -0.05) is 30.3 Å². The van der Waals surface area contributed by atoms with E-state index in [0.29, 0.717) is 5.56 Å². The van der Waals surface area contributed by atoms with E-state index in [-0.39, 0.29) is 22.9 Å². The highest BCUT2D eigenvalue weighted by Gasteiger charge is 2.29. The summed E-state index contributed by atoms with van der Waals surface area (Å²) in [5, 5.41) is 10.3. The average Bonchev–Trinajstić information content (AvgIpc) is 3.35. The molecule has 0 radical (unpaired) electrons. The molecule has 178 valence electrons. The number of hydrogen-bond donors (Lipinski definition) is 1. The first-order valence-corrected chi connectivity index (χ1v) is 11.4. The van der Waals surface area contributed by atoms with Gasteiger partial charge in [0.2, 0.25) is 0 Å². The Kier molecular flexibility index (Phi) is 7.03. The van der Waals surface area contributed by atoms with Crippen LogP contribution in [-0.4, -0.2) is 61.2 Å². The summed E-state index contributed by atoms with van der Waals surface area (Å²) in [6, 6.07) is 13.1. The monoisotopic (exact) mass is 462 g/mol. The SMILES string of the molecule is COC(=O)C1=Cc2ccc(O)cc2C(c2ccc(CN3CCCC3)cc2)N(C)C=C1C(=O)OC. The largest absolute Gasteiger partial charge is 0.508 e. The summed E-state index contributed by atoms with van der Waals surface area (Å²) in [7, 11) is 4.38. The first kappa shape index (κ1) is 23.6. The van der Waals surface area contributed by atoms with Gasteiger partial charge in [-0.3, -0.25) is 4.90 Å². The molecule has 1 fully saturated rings. The molecule has 1 atom stereocenters. The minimum atomic E-state index is -0.645. The third-order valence-electron chi connectivity index (χ3n) is 6.41. The van der Waals surface area contributed by atoms with Crippen molar-refractivity contribution in [3.63, 3.8) is 0 Å². The second kappa shape index (κ2) is 10.1. The summed E-state index contributed by atoms with van der Waals surface area (Å²) >= 11 is 0. The minimum Gasteiger partial charge on any atom is -0.508 e. The van der Waals surface area contributed by atoms with E-state index in [0.717, 1.165) is 30.8 Å². The highest BCUT2D eigenvalue weighted by molar-refractivity contribution is 6.10. The van der Waals surface area contributed by atoms with Crippen LogP contribution in [0.2, 0.25) is 0 Å². The predicted molar refractivity (Wildman–Crippen MR) is 129 cm³/mol. The van der Waals surface area contributed by atoms with Gasteiger partial charge in [0.15, 0.2) is 0 Å². The molecular formula is C27H30N2O5. The predicted octanol–water partition coefficient (Wildman–Crippen LogP) is 3.64. The lowest BCUT2D eigenvalue weighted by atomic mass is 9.89. The Bertz CT molecular complexity index is 1130. The summed E-state index contributed by atoms with van der Waals surface area (Å²) in [6.07, 6.45) is 5.72. The maximum absolute atomic E-state index is 12.6. The number of phenols is 1. The first-order valence-electron chi connectivity index (χ1n) is 11.4. The number of hydrogen-bond acceptors (Lipinski definition) is 7. The molecule has 0 spiro atoms. The molecule has 7 nitrogen and oxygen atoms in total. The molecule has 2 aromatic carbocycles. The van der Waals surface area contributed by atoms with Gasteiger partial charge >= 0.3 is 11.9 Å². The van der Waals surface area contributed by atoms with Crippen LogP contribution >= 0.6 is 0 Å². The second-order valence-corrected chi connectivity index (χ2v) is 8.69. The van der Waals surface area contributed by atoms with Crippen molar-refractivity contribution in [2.45, 2.75) is 25.4 Å². The molecule has 7 heteroatoms. The number of carbonyl (C=O) groups excluding carboxylic acids is 2. The topological polar surface area (TPSA) is 79.3 Å². The highest BCUT2D eigenvalue weighted by atomic mass is 16.5. The third-order valence-corrected chi connectivity index (χ3v) is 6.41. The number of benzene rings is 2. The molecule has 2 aliphatic heterocycles. The summed E-state index contributed by atoms with van der Waals surface area (Å²) < 4.78 is 9.90. The van der Waals surface area contributed by atoms with Gasteiger partial charge in [-0.05, 0) is 66.4 Å². The zero-order valence-electron chi connectivity index (χ0n) is 19.8. The summed E-state index contributed by atoms with van der Waals surface area (Å²) in [4.78, 5) is 29.5. The summed E-state index contributed by atoms with van der Waals surface area (Å²) in [5.74, 6) is -1.16. The molecule has 0 amide bonds. The Morgan fingerprint density at radius 1 is 0.971 bits per heavy atom. The Labute approximate surface area is 199 Å². The normalized spacial score (nSPS) is 18.3. The van der Waals surface area contributed by atoms with E-state index in [1.807, 2.05) is 11.9 Å². The van der Waals surface area contributed by atoms with Gasteiger partial charge in [0.25, 0.3) is 0 Å². The number of ether oxygens (including phenoxy) is 2. The van der Waals surface area contributed by atoms with E-state index in [1.54, 1.807) is 30.5 Å². The molecule has 1 unspecified atom stereocenters. The Balaban J connectivity index is 1.80. The summed E-state index contributed by atoms with van der Waals surface area (Å²) in [6.45, 7) is 3.20. The van der Waals surface area contributed by atoms with Crippen molar-refractivity contribution in [3.8, 4) is 5.75 Å². The van der Waals surface area contributed by atoms with Crippen molar-refractivity contribution < 1.29 is 24.2 Å². The zero-order chi connectivity index (χ0) is 24.2. The fourth-order valence-electron chi connectivity index (χ4n) is 4.70. The molecular weight excluding hydrogens is 432 g/mol. The molecule has 1 N–H and O–H groups in total. The van der Waals surface area contributed by atoms with E-state index in [4.69, 9.17) is 9.47 Å². The van der Waals surface area contributed by atoms with E-state index < -0.39 is 11.9 Å². The lowest BCUT2D eigenvalue weighted by Gasteiger charge is -2.32. The zero-order valence-corrected chi connectivity index (χ0v) is 19.8. The van der Waals surface area contributed by atoms with Gasteiger partial charge in [0, 0.05) is 19.8 Å². The number of nitrogens with zero attached hydrogens (tertiary/aromatic N) is 2. The van der Waals surface area contributed by atoms with Crippen LogP contribution in [0.25, 0.3) is 6.08 Å². The number of phenolic OH excluding ortho intramolecular Hbond substituents is 1. The maximum atomic E-state index is 12.6. The summed E-state index contributed by atoms with van der Waals surface area (Å²) in [5.41, 5.74) is 3.93. The van der Waals surface area contributed by atoms with Crippen LogP contribution in [0.4, 0.5) is 0 Å². The van der Waals surface area contributed by atoms with Crippen LogP contribution in [0.3, 0.4) is 0 Å². The molecule has 2 aliphatic rings. The second-order valence-electron chi connectivity index (χ2n) is 8.69. The molecule has 0 bridgehead atoms. The van der Waals surface area contributed by atoms with Crippen molar-refractivity contribution >= 4 is 18.0 Å². The molecule has 0 aliphatic carbocycles. The number of rotatable bonds is 5. The smallest absolute Gasteiger partial charge is 0.340 e. The van der Waals surface area contributed by atoms with Gasteiger partial charge in [-0.25, -0.2) is 9.59 Å². The molecule has 0 aromatic heterocycles. The van der Waals surface area contributed by atoms with E-state index in [2.05, 4.69) is 29.2 Å². The van der Waals surface area contributed by atoms with Crippen LogP contribution in [-0.2, 0) is 25.6 Å². The Morgan fingerprint density at radius 3 is 2.26 bits per heavy atom. The lowest BCUT2D eigenvalue weighted by molar-refractivity contribution is -0.139. The first-order chi connectivity index (χ1) is 16.4. The van der Waals surface area contributed by atoms with E-state index in [9.17, 15) is 14.7 Å². The van der Waals surface area contributed by atoms with Crippen LogP contribution < -0.4 is 0 Å². The van der Waals surface area contributed by atoms with Gasteiger partial charge in [-0.15, -0.1) is 0 Å². The molecule has 0 saturated carbocycles. The number of aromatic hydroxyl groups is 1. The minimum absolute atomic E-state index is 0.0903. The molecule has 2 aromatic rings. The fourth-order valence-corrected chi connectivity index (χ4v) is 4.70. The standard InChI is InChI=1S/C27H30N2O5/c1-28-17-24(27(32)34-3)23(26(31)33-2)14-20-10-11-21(30)15-22(20)25(28)19-8-6-18(7-9-19)16-29-12-4-5-13-29/h6-11,14-15,17,25,30H,4-5,12-13,16H2,1-3H3. The van der Waals surface area contributed by atoms with Crippen LogP contribution in [0.1, 0.15) is 41.1 Å². The van der Waals surface area contributed by atoms with Crippen molar-refractivity contribution in [2.24, 2.45) is 0 Å². The maximum Gasteiger partial charge on any atom is 0.340 e. The van der Waals surface area contributed by atoms with Gasteiger partial charge < -0.3 is 19.5 Å². The third kappa shape index (κ3) is 4.84. The molecule has 2 heterocycles. The molecule has 4 rings (SSSR count). The molecule has 34 heavy (non-hydrogen) atoms. The van der Waals surface area contributed by atoms with Crippen LogP contribution in [0, 0.1) is 0 Å². The van der Waals surface area contributed by atoms with Crippen LogP contribution in [0.5, 0.6) is 5.75 Å². The fraction of sp³-hybridized carbons (Fsp3) is 0.333. The van der Waals surface area contributed by atoms with E-state index in [1.165, 1.54) is 32.6 Å². The lowest BCUT2D eigenvalue weighted by Crippen LogP contribution is -2.26. The average molecular weight is 463 g/mol. The van der Waals surface area contributed by atoms with Gasteiger partial charge in [-0.2, -0.15) is 0 Å². The van der Waals surface area contributed by atoms with Crippen LogP contribution in [0.15, 0.2) is 59.8 Å². The van der Waals surface area contributed by atoms with Crippen molar-refractivity contribution in [1.82, 2.24) is 9.80 Å². The van der Waals surface area contributed by atoms with Gasteiger partial charge in [0.05, 0.1) is 31.4 Å². The Morgan fingerprint density at radius 2 is 1.62 bits per heavy atom. The Hall–Kier alpha value is -3.58. The number of methoxy groups -OCH3 is 2. The highest BCUT2D eigenvalue weighted by Crippen LogP contribution is 2.37. The number of fused-ring (bicyclic) bond motifs is 1. The molecule has 1 saturated heterocycles. The number of esters is 2.